The van der Waals surface area contributed by atoms with Crippen LogP contribution >= 0.6 is 15.9 Å². The molecule has 1 N–H and O–H groups in total. The number of hydrogen-bond donors (Lipinski definition) is 1. The Bertz CT molecular complexity index is 784. The number of amides is 1. The Morgan fingerprint density at radius 3 is 2.38 bits per heavy atom. The van der Waals surface area contributed by atoms with Gasteiger partial charge in [0.2, 0.25) is 5.91 Å². The van der Waals surface area contributed by atoms with E-state index in [0.717, 1.165) is 34.1 Å². The van der Waals surface area contributed by atoms with Gasteiger partial charge in [0.1, 0.15) is 0 Å². The molecule has 0 heterocycles. The summed E-state index contributed by atoms with van der Waals surface area (Å²) < 4.78 is 11.6. The molecular weight excluding hydrogens is 370 g/mol. The quantitative estimate of drug-likeness (QED) is 0.821. The van der Waals surface area contributed by atoms with Gasteiger partial charge in [0, 0.05) is 16.2 Å². The number of hydrogen-bond acceptors (Lipinski definition) is 3. The molecule has 0 unspecified atom stereocenters. The van der Waals surface area contributed by atoms with Crippen molar-refractivity contribution in [3.8, 4) is 11.5 Å². The van der Waals surface area contributed by atoms with E-state index >= 15 is 0 Å². The van der Waals surface area contributed by atoms with Crippen molar-refractivity contribution in [1.82, 2.24) is 0 Å². The topological polar surface area (TPSA) is 47.6 Å². The molecule has 2 aromatic carbocycles. The van der Waals surface area contributed by atoms with Crippen LogP contribution in [0.2, 0.25) is 0 Å². The first kappa shape index (κ1) is 16.8. The molecule has 1 amide bonds. The Balaban J connectivity index is 1.88. The molecule has 2 aromatic rings. The minimum absolute atomic E-state index is 0.0240. The van der Waals surface area contributed by atoms with Crippen LogP contribution in [0.1, 0.15) is 24.0 Å². The lowest BCUT2D eigenvalue weighted by molar-refractivity contribution is -0.118. The number of ether oxygens (including phenoxy) is 2. The number of carbonyl (C=O) groups excluding carboxylic acids is 1. The van der Waals surface area contributed by atoms with E-state index in [4.69, 9.17) is 9.47 Å². The van der Waals surface area contributed by atoms with Crippen LogP contribution in [0.5, 0.6) is 11.5 Å². The fourth-order valence-corrected chi connectivity index (χ4v) is 3.31. The lowest BCUT2D eigenvalue weighted by atomic mass is 9.95. The SMILES string of the molecule is COc1cc(C)c(NC(=O)C2(c3cccc(Br)c3)CC2)cc1OC. The van der Waals surface area contributed by atoms with Gasteiger partial charge >= 0.3 is 0 Å². The standard InChI is InChI=1S/C19H20BrNO3/c1-12-9-16(23-2)17(24-3)11-15(12)21-18(22)19(7-8-19)13-5-4-6-14(20)10-13/h4-6,9-11H,7-8H2,1-3H3,(H,21,22). The zero-order chi connectivity index (χ0) is 17.3. The third-order valence-corrected chi connectivity index (χ3v) is 5.03. The van der Waals surface area contributed by atoms with Crippen molar-refractivity contribution in [1.29, 1.82) is 0 Å². The van der Waals surface area contributed by atoms with Crippen molar-refractivity contribution in [3.63, 3.8) is 0 Å². The monoisotopic (exact) mass is 389 g/mol. The molecule has 4 nitrogen and oxygen atoms in total. The smallest absolute Gasteiger partial charge is 0.235 e. The van der Waals surface area contributed by atoms with Gasteiger partial charge in [-0.1, -0.05) is 28.1 Å². The number of carbonyl (C=O) groups is 1. The van der Waals surface area contributed by atoms with Crippen molar-refractivity contribution in [2.24, 2.45) is 0 Å². The number of benzene rings is 2. The normalized spacial score (nSPS) is 14.8. The first-order valence-electron chi connectivity index (χ1n) is 7.80. The van der Waals surface area contributed by atoms with Crippen LogP contribution in [-0.2, 0) is 10.2 Å². The van der Waals surface area contributed by atoms with Gasteiger partial charge in [-0.3, -0.25) is 4.79 Å². The van der Waals surface area contributed by atoms with Crippen LogP contribution in [0.25, 0.3) is 0 Å². The van der Waals surface area contributed by atoms with Crippen LogP contribution in [-0.4, -0.2) is 20.1 Å². The molecule has 3 rings (SSSR count). The molecule has 0 aromatic heterocycles. The van der Waals surface area contributed by atoms with E-state index in [2.05, 4.69) is 21.2 Å². The number of aryl methyl sites for hydroxylation is 1. The number of nitrogens with one attached hydrogen (secondary N) is 1. The summed E-state index contributed by atoms with van der Waals surface area (Å²) in [5.41, 5.74) is 2.31. The van der Waals surface area contributed by atoms with Crippen LogP contribution in [0.15, 0.2) is 40.9 Å². The second-order valence-electron chi connectivity index (χ2n) is 6.07. The van der Waals surface area contributed by atoms with Gasteiger partial charge in [-0.2, -0.15) is 0 Å². The zero-order valence-corrected chi connectivity index (χ0v) is 15.6. The van der Waals surface area contributed by atoms with Crippen molar-refractivity contribution in [3.05, 3.63) is 52.0 Å². The Kier molecular flexibility index (Phi) is 4.54. The molecule has 0 aliphatic heterocycles. The molecule has 1 aliphatic carbocycles. The zero-order valence-electron chi connectivity index (χ0n) is 14.0. The Labute approximate surface area is 150 Å². The minimum atomic E-state index is -0.427. The number of rotatable bonds is 5. The molecule has 0 spiro atoms. The van der Waals surface area contributed by atoms with Crippen molar-refractivity contribution >= 4 is 27.5 Å². The fourth-order valence-electron chi connectivity index (χ4n) is 2.92. The van der Waals surface area contributed by atoms with Crippen LogP contribution in [0.4, 0.5) is 5.69 Å². The van der Waals surface area contributed by atoms with Gasteiger partial charge in [-0.15, -0.1) is 0 Å². The maximum atomic E-state index is 12.9. The van der Waals surface area contributed by atoms with E-state index < -0.39 is 5.41 Å². The second kappa shape index (κ2) is 6.48. The van der Waals surface area contributed by atoms with Gasteiger partial charge in [-0.05, 0) is 49.1 Å². The molecule has 0 saturated heterocycles. The van der Waals surface area contributed by atoms with Crippen molar-refractivity contribution in [2.45, 2.75) is 25.2 Å². The highest BCUT2D eigenvalue weighted by atomic mass is 79.9. The van der Waals surface area contributed by atoms with E-state index in [1.807, 2.05) is 43.3 Å². The molecule has 5 heteroatoms. The molecule has 0 bridgehead atoms. The van der Waals surface area contributed by atoms with E-state index in [1.54, 1.807) is 14.2 Å². The average Bonchev–Trinajstić information content (AvgIpc) is 3.38. The maximum absolute atomic E-state index is 12.9. The predicted octanol–water partition coefficient (Wildman–Crippen LogP) is 4.45. The van der Waals surface area contributed by atoms with Crippen LogP contribution in [0, 0.1) is 6.92 Å². The minimum Gasteiger partial charge on any atom is -0.493 e. The maximum Gasteiger partial charge on any atom is 0.235 e. The van der Waals surface area contributed by atoms with Gasteiger partial charge in [0.15, 0.2) is 11.5 Å². The highest BCUT2D eigenvalue weighted by Crippen LogP contribution is 2.49. The highest BCUT2D eigenvalue weighted by Gasteiger charge is 2.51. The second-order valence-corrected chi connectivity index (χ2v) is 6.98. The summed E-state index contributed by atoms with van der Waals surface area (Å²) in [4.78, 5) is 12.9. The largest absolute Gasteiger partial charge is 0.493 e. The fraction of sp³-hybridized carbons (Fsp3) is 0.316. The third kappa shape index (κ3) is 3.00. The summed E-state index contributed by atoms with van der Waals surface area (Å²) in [7, 11) is 3.19. The summed E-state index contributed by atoms with van der Waals surface area (Å²) in [5, 5.41) is 3.07. The number of anilines is 1. The molecule has 0 radical (unpaired) electrons. The van der Waals surface area contributed by atoms with E-state index in [-0.39, 0.29) is 5.91 Å². The molecule has 126 valence electrons. The Morgan fingerprint density at radius 1 is 1.12 bits per heavy atom. The summed E-state index contributed by atoms with van der Waals surface area (Å²) >= 11 is 3.48. The molecule has 1 fully saturated rings. The summed E-state index contributed by atoms with van der Waals surface area (Å²) in [6.07, 6.45) is 1.73. The highest BCUT2D eigenvalue weighted by molar-refractivity contribution is 9.10. The van der Waals surface area contributed by atoms with Crippen LogP contribution in [0.3, 0.4) is 0 Å². The Morgan fingerprint density at radius 2 is 1.79 bits per heavy atom. The van der Waals surface area contributed by atoms with Crippen molar-refractivity contribution < 1.29 is 14.3 Å². The van der Waals surface area contributed by atoms with E-state index in [0.29, 0.717) is 11.5 Å². The third-order valence-electron chi connectivity index (χ3n) is 4.54. The summed E-state index contributed by atoms with van der Waals surface area (Å²) in [5.74, 6) is 1.28. The van der Waals surface area contributed by atoms with Gasteiger partial charge in [0.25, 0.3) is 0 Å². The number of halogens is 1. The molecule has 0 atom stereocenters. The molecule has 24 heavy (non-hydrogen) atoms. The molecular formula is C19H20BrNO3. The van der Waals surface area contributed by atoms with Gasteiger partial charge in [0.05, 0.1) is 19.6 Å². The molecule has 1 aliphatic rings. The number of methoxy groups -OCH3 is 2. The summed E-state index contributed by atoms with van der Waals surface area (Å²) in [6, 6.07) is 11.6. The lowest BCUT2D eigenvalue weighted by Gasteiger charge is -2.18. The van der Waals surface area contributed by atoms with Crippen LogP contribution < -0.4 is 14.8 Å². The average molecular weight is 390 g/mol. The first-order valence-corrected chi connectivity index (χ1v) is 8.59. The van der Waals surface area contributed by atoms with Crippen molar-refractivity contribution in [2.75, 3.05) is 19.5 Å². The van der Waals surface area contributed by atoms with Gasteiger partial charge < -0.3 is 14.8 Å². The van der Waals surface area contributed by atoms with E-state index in [9.17, 15) is 4.79 Å². The predicted molar refractivity (Wildman–Crippen MR) is 98.0 cm³/mol. The first-order chi connectivity index (χ1) is 11.5. The van der Waals surface area contributed by atoms with E-state index in [1.165, 1.54) is 0 Å². The van der Waals surface area contributed by atoms with Gasteiger partial charge in [-0.25, -0.2) is 0 Å². The Hall–Kier alpha value is -2.01. The molecule has 1 saturated carbocycles. The summed E-state index contributed by atoms with van der Waals surface area (Å²) in [6.45, 7) is 1.94. The lowest BCUT2D eigenvalue weighted by Crippen LogP contribution is -2.28.